The van der Waals surface area contributed by atoms with Crippen LogP contribution in [0.2, 0.25) is 0 Å². The standard InChI is InChI=1S/C17H23N3O5S/c1-24-15-9-13(11-18)14(10-16(15)25-2)17(21)20-7-4-12(5-8-20)3-6-19-26(22)23/h9-10,12,19H,3-8H2,1-2H3,(H,22,23)/p-1. The molecule has 0 radical (unpaired) electrons. The number of carbonyl (C=O) groups is 1. The van der Waals surface area contributed by atoms with Gasteiger partial charge in [-0.05, 0) is 31.2 Å². The van der Waals surface area contributed by atoms with Crippen molar-refractivity contribution < 1.29 is 23.0 Å². The topological polar surface area (TPSA) is 115 Å². The minimum Gasteiger partial charge on any atom is -0.760 e. The molecule has 2 rings (SSSR count). The lowest BCUT2D eigenvalue weighted by atomic mass is 9.93. The summed E-state index contributed by atoms with van der Waals surface area (Å²) in [4.78, 5) is 14.6. The molecule has 1 saturated heterocycles. The zero-order chi connectivity index (χ0) is 19.1. The van der Waals surface area contributed by atoms with Crippen molar-refractivity contribution in [3.8, 4) is 17.6 Å². The van der Waals surface area contributed by atoms with Crippen LogP contribution in [-0.2, 0) is 11.3 Å². The summed E-state index contributed by atoms with van der Waals surface area (Å²) < 4.78 is 33.8. The van der Waals surface area contributed by atoms with E-state index in [0.717, 1.165) is 19.3 Å². The number of methoxy groups -OCH3 is 2. The molecule has 0 aromatic heterocycles. The summed E-state index contributed by atoms with van der Waals surface area (Å²) >= 11 is -2.24. The maximum atomic E-state index is 12.8. The Labute approximate surface area is 155 Å². The van der Waals surface area contributed by atoms with E-state index in [2.05, 4.69) is 4.72 Å². The Bertz CT molecular complexity index is 711. The number of benzene rings is 1. The lowest BCUT2D eigenvalue weighted by Gasteiger charge is -2.32. The number of nitriles is 1. The summed E-state index contributed by atoms with van der Waals surface area (Å²) in [5.41, 5.74) is 0.545. The molecule has 0 aliphatic carbocycles. The predicted octanol–water partition coefficient (Wildman–Crippen LogP) is 1.20. The number of amides is 1. The van der Waals surface area contributed by atoms with Gasteiger partial charge in [0, 0.05) is 37.0 Å². The Kier molecular flexibility index (Phi) is 7.38. The van der Waals surface area contributed by atoms with Crippen molar-refractivity contribution in [3.63, 3.8) is 0 Å². The smallest absolute Gasteiger partial charge is 0.255 e. The minimum absolute atomic E-state index is 0.209. The van der Waals surface area contributed by atoms with Crippen molar-refractivity contribution in [2.45, 2.75) is 19.3 Å². The Morgan fingerprint density at radius 2 is 1.96 bits per heavy atom. The Morgan fingerprint density at radius 1 is 1.35 bits per heavy atom. The molecule has 0 saturated carbocycles. The highest BCUT2D eigenvalue weighted by atomic mass is 32.2. The highest BCUT2D eigenvalue weighted by molar-refractivity contribution is 7.77. The first-order valence-corrected chi connectivity index (χ1v) is 9.35. The largest absolute Gasteiger partial charge is 0.760 e. The van der Waals surface area contributed by atoms with Gasteiger partial charge >= 0.3 is 0 Å². The second-order valence-electron chi connectivity index (χ2n) is 6.02. The maximum Gasteiger partial charge on any atom is 0.255 e. The molecule has 1 aromatic rings. The first-order chi connectivity index (χ1) is 12.5. The van der Waals surface area contributed by atoms with Crippen molar-refractivity contribution in [1.82, 2.24) is 9.62 Å². The average molecular weight is 380 g/mol. The Hall–Kier alpha value is -2.15. The molecular weight excluding hydrogens is 358 g/mol. The van der Waals surface area contributed by atoms with Crippen molar-refractivity contribution in [2.24, 2.45) is 5.92 Å². The van der Waals surface area contributed by atoms with Gasteiger partial charge in [-0.25, -0.2) is 4.72 Å². The molecule has 1 aromatic carbocycles. The molecule has 1 atom stereocenters. The SMILES string of the molecule is COc1cc(C#N)c(C(=O)N2CCC(CCNS(=O)[O-])CC2)cc1OC. The summed E-state index contributed by atoms with van der Waals surface area (Å²) in [5, 5.41) is 9.36. The number of piperidine rings is 1. The van der Waals surface area contributed by atoms with Crippen molar-refractivity contribution in [1.29, 1.82) is 5.26 Å². The highest BCUT2D eigenvalue weighted by Crippen LogP contribution is 2.31. The zero-order valence-corrected chi connectivity index (χ0v) is 15.6. The third kappa shape index (κ3) is 4.94. The van der Waals surface area contributed by atoms with E-state index < -0.39 is 11.3 Å². The number of nitrogens with one attached hydrogen (secondary N) is 1. The summed E-state index contributed by atoms with van der Waals surface area (Å²) in [5.74, 6) is 0.972. The number of rotatable bonds is 7. The van der Waals surface area contributed by atoms with Crippen LogP contribution >= 0.6 is 0 Å². The average Bonchev–Trinajstić information content (AvgIpc) is 2.66. The van der Waals surface area contributed by atoms with Gasteiger partial charge < -0.3 is 18.9 Å². The van der Waals surface area contributed by atoms with Crippen molar-refractivity contribution in [3.05, 3.63) is 23.3 Å². The summed E-state index contributed by atoms with van der Waals surface area (Å²) in [7, 11) is 2.95. The molecule has 1 fully saturated rings. The number of carbonyl (C=O) groups excluding carboxylic acids is 1. The molecule has 9 heteroatoms. The second kappa shape index (κ2) is 9.52. The molecule has 0 spiro atoms. The quantitative estimate of drug-likeness (QED) is 0.711. The third-order valence-electron chi connectivity index (χ3n) is 4.55. The van der Waals surface area contributed by atoms with Crippen LogP contribution < -0.4 is 14.2 Å². The van der Waals surface area contributed by atoms with Gasteiger partial charge in [0.15, 0.2) is 11.5 Å². The van der Waals surface area contributed by atoms with Crippen LogP contribution in [0, 0.1) is 17.2 Å². The molecule has 1 aliphatic rings. The lowest BCUT2D eigenvalue weighted by molar-refractivity contribution is 0.0687. The van der Waals surface area contributed by atoms with Crippen LogP contribution in [0.25, 0.3) is 0 Å². The summed E-state index contributed by atoms with van der Waals surface area (Å²) in [6.07, 6.45) is 2.35. The first-order valence-electron chi connectivity index (χ1n) is 8.28. The minimum atomic E-state index is -2.24. The van der Waals surface area contributed by atoms with Gasteiger partial charge in [-0.1, -0.05) is 0 Å². The van der Waals surface area contributed by atoms with Gasteiger partial charge in [0.05, 0.1) is 25.3 Å². The van der Waals surface area contributed by atoms with Gasteiger partial charge in [-0.2, -0.15) is 5.26 Å². The maximum absolute atomic E-state index is 12.8. The Balaban J connectivity index is 2.04. The monoisotopic (exact) mass is 380 g/mol. The Morgan fingerprint density at radius 3 is 2.50 bits per heavy atom. The predicted molar refractivity (Wildman–Crippen MR) is 94.4 cm³/mol. The van der Waals surface area contributed by atoms with E-state index in [1.54, 1.807) is 11.0 Å². The van der Waals surface area contributed by atoms with E-state index >= 15 is 0 Å². The van der Waals surface area contributed by atoms with Crippen LogP contribution in [0.5, 0.6) is 11.5 Å². The normalized spacial score (nSPS) is 16.0. The van der Waals surface area contributed by atoms with E-state index in [4.69, 9.17) is 9.47 Å². The molecule has 1 aliphatic heterocycles. The van der Waals surface area contributed by atoms with E-state index in [1.807, 2.05) is 6.07 Å². The number of hydrogen-bond acceptors (Lipinski definition) is 6. The number of ether oxygens (including phenoxy) is 2. The second-order valence-corrected chi connectivity index (χ2v) is 6.78. The van der Waals surface area contributed by atoms with Crippen molar-refractivity contribution >= 4 is 17.2 Å². The fourth-order valence-corrected chi connectivity index (χ4v) is 3.37. The van der Waals surface area contributed by atoms with Gasteiger partial charge in [0.2, 0.25) is 0 Å². The van der Waals surface area contributed by atoms with Crippen LogP contribution in [0.3, 0.4) is 0 Å². The molecule has 8 nitrogen and oxygen atoms in total. The molecular formula is C17H22N3O5S-. The number of hydrogen-bond donors (Lipinski definition) is 1. The zero-order valence-electron chi connectivity index (χ0n) is 14.8. The van der Waals surface area contributed by atoms with Gasteiger partial charge in [-0.3, -0.25) is 9.00 Å². The fraction of sp³-hybridized carbons (Fsp3) is 0.529. The third-order valence-corrected chi connectivity index (χ3v) is 4.99. The number of likely N-dealkylation sites (tertiary alicyclic amines) is 1. The van der Waals surface area contributed by atoms with Crippen LogP contribution in [-0.4, -0.2) is 53.4 Å². The summed E-state index contributed by atoms with van der Waals surface area (Å²) in [6, 6.07) is 5.09. The van der Waals surface area contributed by atoms with Gasteiger partial charge in [0.25, 0.3) is 5.91 Å². The van der Waals surface area contributed by atoms with E-state index in [-0.39, 0.29) is 11.5 Å². The fourth-order valence-electron chi connectivity index (χ4n) is 3.09. The van der Waals surface area contributed by atoms with Gasteiger partial charge in [0.1, 0.15) is 6.07 Å². The molecule has 1 amide bonds. The molecule has 142 valence electrons. The van der Waals surface area contributed by atoms with Crippen LogP contribution in [0.1, 0.15) is 35.2 Å². The first kappa shape index (κ1) is 20.2. The highest BCUT2D eigenvalue weighted by Gasteiger charge is 2.26. The molecule has 1 heterocycles. The lowest BCUT2D eigenvalue weighted by Crippen LogP contribution is -2.39. The van der Waals surface area contributed by atoms with Crippen LogP contribution in [0.15, 0.2) is 12.1 Å². The summed E-state index contributed by atoms with van der Waals surface area (Å²) in [6.45, 7) is 1.55. The van der Waals surface area contributed by atoms with Gasteiger partial charge in [-0.15, -0.1) is 0 Å². The van der Waals surface area contributed by atoms with Crippen LogP contribution in [0.4, 0.5) is 0 Å². The molecule has 26 heavy (non-hydrogen) atoms. The van der Waals surface area contributed by atoms with E-state index in [9.17, 15) is 18.8 Å². The van der Waals surface area contributed by atoms with E-state index in [1.165, 1.54) is 20.3 Å². The van der Waals surface area contributed by atoms with E-state index in [0.29, 0.717) is 42.6 Å². The molecule has 1 N–H and O–H groups in total. The number of nitrogens with zero attached hydrogens (tertiary/aromatic N) is 2. The van der Waals surface area contributed by atoms with Crippen molar-refractivity contribution in [2.75, 3.05) is 33.9 Å². The molecule has 0 bridgehead atoms. The molecule has 1 unspecified atom stereocenters.